The third-order valence-electron chi connectivity index (χ3n) is 1.64. The third-order valence-corrected chi connectivity index (χ3v) is 2.39. The molecular weight excluding hydrogens is 186 g/mol. The fourth-order valence-electron chi connectivity index (χ4n) is 0.889. The van der Waals surface area contributed by atoms with Gasteiger partial charge in [0.1, 0.15) is 0 Å². The summed E-state index contributed by atoms with van der Waals surface area (Å²) in [5, 5.41) is 10.4. The van der Waals surface area contributed by atoms with Crippen LogP contribution in [0, 0.1) is 10.1 Å². The van der Waals surface area contributed by atoms with E-state index in [1.165, 1.54) is 0 Å². The fraction of sp³-hybridized carbons (Fsp3) is 0.111. The molecule has 0 aliphatic carbocycles. The summed E-state index contributed by atoms with van der Waals surface area (Å²) in [7, 11) is 0. The van der Waals surface area contributed by atoms with Crippen molar-refractivity contribution in [1.29, 1.82) is 0 Å². The van der Waals surface area contributed by atoms with Crippen LogP contribution < -0.4 is 0 Å². The highest BCUT2D eigenvalue weighted by atomic mass is 32.2. The monoisotopic (exact) mass is 195 g/mol. The smallest absolute Gasteiger partial charge is 0.258 e. The first kappa shape index (κ1) is 9.80. The summed E-state index contributed by atoms with van der Waals surface area (Å²) in [4.78, 5) is 11.0. The van der Waals surface area contributed by atoms with E-state index < -0.39 is 4.92 Å². The van der Waals surface area contributed by atoms with Crippen LogP contribution in [0.15, 0.2) is 35.7 Å². The van der Waals surface area contributed by atoms with Crippen LogP contribution in [0.3, 0.4) is 0 Å². The Balaban J connectivity index is 2.92. The molecule has 0 amide bonds. The summed E-state index contributed by atoms with van der Waals surface area (Å²) in [6, 6.07) is 7.09. The first-order valence-electron chi connectivity index (χ1n) is 3.63. The zero-order valence-corrected chi connectivity index (χ0v) is 8.00. The number of rotatable bonds is 3. The summed E-state index contributed by atoms with van der Waals surface area (Å²) >= 11 is 1.60. The van der Waals surface area contributed by atoms with Crippen molar-refractivity contribution >= 4 is 17.5 Å². The highest BCUT2D eigenvalue weighted by molar-refractivity contribution is 7.98. The van der Waals surface area contributed by atoms with Crippen LogP contribution in [0.25, 0.3) is 5.70 Å². The molecule has 0 unspecified atom stereocenters. The minimum atomic E-state index is -0.478. The first-order chi connectivity index (χ1) is 6.15. The normalized spacial score (nSPS) is 9.62. The van der Waals surface area contributed by atoms with E-state index in [1.807, 2.05) is 18.4 Å². The lowest BCUT2D eigenvalue weighted by Gasteiger charge is -1.98. The first-order valence-corrected chi connectivity index (χ1v) is 4.85. The standard InChI is InChI=1S/C9H9NO2S/c1-7(10(11)12)8-3-5-9(13-2)6-4-8/h3-6H,1H2,2H3. The van der Waals surface area contributed by atoms with E-state index >= 15 is 0 Å². The van der Waals surface area contributed by atoms with E-state index in [0.717, 1.165) is 4.90 Å². The lowest BCUT2D eigenvalue weighted by atomic mass is 10.2. The predicted molar refractivity (Wildman–Crippen MR) is 54.3 cm³/mol. The van der Waals surface area contributed by atoms with Crippen molar-refractivity contribution < 1.29 is 4.92 Å². The van der Waals surface area contributed by atoms with Crippen molar-refractivity contribution in [1.82, 2.24) is 0 Å². The van der Waals surface area contributed by atoms with Crippen LogP contribution in [0.1, 0.15) is 5.56 Å². The molecule has 68 valence electrons. The predicted octanol–water partition coefficient (Wildman–Crippen LogP) is 2.66. The molecule has 0 saturated carbocycles. The Hall–Kier alpha value is -1.29. The van der Waals surface area contributed by atoms with Crippen molar-refractivity contribution in [3.63, 3.8) is 0 Å². The number of hydrogen-bond donors (Lipinski definition) is 0. The van der Waals surface area contributed by atoms with Gasteiger partial charge >= 0.3 is 0 Å². The highest BCUT2D eigenvalue weighted by Gasteiger charge is 2.08. The molecule has 0 fully saturated rings. The molecular formula is C9H9NO2S. The molecule has 0 aliphatic heterocycles. The molecule has 0 N–H and O–H groups in total. The zero-order valence-electron chi connectivity index (χ0n) is 7.19. The maximum absolute atomic E-state index is 10.4. The summed E-state index contributed by atoms with van der Waals surface area (Å²) in [6.45, 7) is 3.37. The van der Waals surface area contributed by atoms with Gasteiger partial charge in [0.05, 0.1) is 10.5 Å². The lowest BCUT2D eigenvalue weighted by Crippen LogP contribution is -1.95. The van der Waals surface area contributed by atoms with Gasteiger partial charge in [-0.3, -0.25) is 10.1 Å². The molecule has 4 heteroatoms. The van der Waals surface area contributed by atoms with Gasteiger partial charge in [0, 0.05) is 4.90 Å². The molecule has 13 heavy (non-hydrogen) atoms. The minimum absolute atomic E-state index is 0.0624. The number of nitro groups is 1. The van der Waals surface area contributed by atoms with Crippen LogP contribution >= 0.6 is 11.8 Å². The second-order valence-electron chi connectivity index (χ2n) is 2.43. The minimum Gasteiger partial charge on any atom is -0.258 e. The molecule has 3 nitrogen and oxygen atoms in total. The van der Waals surface area contributed by atoms with Crippen LogP contribution in [0.2, 0.25) is 0 Å². The van der Waals surface area contributed by atoms with Gasteiger partial charge in [-0.05, 0) is 37.1 Å². The maximum Gasteiger partial charge on any atom is 0.269 e. The molecule has 0 atom stereocenters. The van der Waals surface area contributed by atoms with Crippen LogP contribution in [-0.4, -0.2) is 11.2 Å². The number of hydrogen-bond acceptors (Lipinski definition) is 3. The summed E-state index contributed by atoms with van der Waals surface area (Å²) < 4.78 is 0. The summed E-state index contributed by atoms with van der Waals surface area (Å²) in [5.74, 6) is 0. The molecule has 1 rings (SSSR count). The number of nitrogens with zero attached hydrogens (tertiary/aromatic N) is 1. The lowest BCUT2D eigenvalue weighted by molar-refractivity contribution is -0.375. The van der Waals surface area contributed by atoms with Crippen LogP contribution in [-0.2, 0) is 0 Å². The van der Waals surface area contributed by atoms with Gasteiger partial charge in [0.2, 0.25) is 0 Å². The topological polar surface area (TPSA) is 43.1 Å². The molecule has 0 heterocycles. The average Bonchev–Trinajstić information content (AvgIpc) is 2.17. The van der Waals surface area contributed by atoms with E-state index in [4.69, 9.17) is 0 Å². The van der Waals surface area contributed by atoms with E-state index in [0.29, 0.717) is 5.56 Å². The van der Waals surface area contributed by atoms with Gasteiger partial charge < -0.3 is 0 Å². The fourth-order valence-corrected chi connectivity index (χ4v) is 1.30. The summed E-state index contributed by atoms with van der Waals surface area (Å²) in [6.07, 6.45) is 1.96. The van der Waals surface area contributed by atoms with Crippen molar-refractivity contribution in [3.8, 4) is 0 Å². The molecule has 0 saturated heterocycles. The van der Waals surface area contributed by atoms with Gasteiger partial charge in [-0.25, -0.2) is 0 Å². The van der Waals surface area contributed by atoms with Crippen molar-refractivity contribution in [2.45, 2.75) is 4.90 Å². The largest absolute Gasteiger partial charge is 0.269 e. The number of thioether (sulfide) groups is 1. The van der Waals surface area contributed by atoms with Crippen molar-refractivity contribution in [3.05, 3.63) is 46.5 Å². The van der Waals surface area contributed by atoms with Crippen molar-refractivity contribution in [2.24, 2.45) is 0 Å². The second kappa shape index (κ2) is 4.09. The van der Waals surface area contributed by atoms with E-state index in [1.54, 1.807) is 23.9 Å². The molecule has 0 bridgehead atoms. The SMILES string of the molecule is C=C(c1ccc(SC)cc1)[N+](=O)[O-]. The summed E-state index contributed by atoms with van der Waals surface area (Å²) in [5.41, 5.74) is 0.496. The Morgan fingerprint density at radius 1 is 1.46 bits per heavy atom. The number of benzene rings is 1. The average molecular weight is 195 g/mol. The Kier molecular flexibility index (Phi) is 3.08. The van der Waals surface area contributed by atoms with Crippen LogP contribution in [0.4, 0.5) is 0 Å². The Morgan fingerprint density at radius 3 is 2.38 bits per heavy atom. The van der Waals surface area contributed by atoms with Crippen molar-refractivity contribution in [2.75, 3.05) is 6.26 Å². The Bertz CT molecular complexity index is 332. The van der Waals surface area contributed by atoms with Gasteiger partial charge in [0.15, 0.2) is 0 Å². The molecule has 1 aromatic carbocycles. The molecule has 1 aromatic rings. The van der Waals surface area contributed by atoms with Gasteiger partial charge in [0.25, 0.3) is 5.70 Å². The van der Waals surface area contributed by atoms with Gasteiger partial charge in [-0.1, -0.05) is 0 Å². The second-order valence-corrected chi connectivity index (χ2v) is 3.31. The van der Waals surface area contributed by atoms with Crippen LogP contribution in [0.5, 0.6) is 0 Å². The molecule has 0 radical (unpaired) electrons. The molecule has 0 aliphatic rings. The third kappa shape index (κ3) is 2.32. The maximum atomic E-state index is 10.4. The quantitative estimate of drug-likeness (QED) is 0.423. The van der Waals surface area contributed by atoms with Gasteiger partial charge in [-0.2, -0.15) is 0 Å². The Labute approximate surface area is 80.6 Å². The van der Waals surface area contributed by atoms with Gasteiger partial charge in [-0.15, -0.1) is 11.8 Å². The zero-order chi connectivity index (χ0) is 9.84. The molecule has 0 spiro atoms. The Morgan fingerprint density at radius 2 is 2.00 bits per heavy atom. The van der Waals surface area contributed by atoms with E-state index in [9.17, 15) is 10.1 Å². The molecule has 0 aromatic heterocycles. The highest BCUT2D eigenvalue weighted by Crippen LogP contribution is 2.18. The van der Waals surface area contributed by atoms with E-state index in [2.05, 4.69) is 6.58 Å². The van der Waals surface area contributed by atoms with E-state index in [-0.39, 0.29) is 5.70 Å².